The van der Waals surface area contributed by atoms with Crippen LogP contribution in [0.1, 0.15) is 33.4 Å². The fourth-order valence-corrected chi connectivity index (χ4v) is 1.70. The molecule has 9 heteroatoms. The van der Waals surface area contributed by atoms with E-state index in [1.165, 1.54) is 12.3 Å². The molecule has 3 N–H and O–H groups in total. The van der Waals surface area contributed by atoms with Gasteiger partial charge in [0.25, 0.3) is 0 Å². The van der Waals surface area contributed by atoms with Crippen LogP contribution in [0.3, 0.4) is 0 Å². The average Bonchev–Trinajstić information content (AvgIpc) is 2.73. The highest BCUT2D eigenvalue weighted by molar-refractivity contribution is 7.13. The zero-order valence-corrected chi connectivity index (χ0v) is 12.9. The van der Waals surface area contributed by atoms with Crippen LogP contribution in [0.15, 0.2) is 10.5 Å². The van der Waals surface area contributed by atoms with E-state index in [2.05, 4.69) is 10.1 Å². The molecule has 0 aliphatic heterocycles. The van der Waals surface area contributed by atoms with E-state index in [1.54, 1.807) is 20.8 Å². The number of hydrogen-bond acceptors (Lipinski definition) is 8. The minimum atomic E-state index is -1.34. The Balaban J connectivity index is 2.80. The van der Waals surface area contributed by atoms with E-state index in [4.69, 9.17) is 20.4 Å². The second kappa shape index (κ2) is 6.53. The zero-order valence-electron chi connectivity index (χ0n) is 12.1. The first-order valence-electron chi connectivity index (χ1n) is 6.01. The highest BCUT2D eigenvalue weighted by atomic mass is 32.1. The van der Waals surface area contributed by atoms with Crippen LogP contribution >= 0.6 is 11.3 Å². The monoisotopic (exact) mass is 315 g/mol. The number of anilines is 1. The molecular formula is C12H17N3O5S. The van der Waals surface area contributed by atoms with Gasteiger partial charge in [-0.2, -0.15) is 0 Å². The summed E-state index contributed by atoms with van der Waals surface area (Å²) in [5.41, 5.74) is 4.40. The van der Waals surface area contributed by atoms with Gasteiger partial charge in [-0.25, -0.2) is 14.6 Å². The Hall–Kier alpha value is -2.16. The number of carboxylic acids is 1. The number of esters is 1. The summed E-state index contributed by atoms with van der Waals surface area (Å²) in [4.78, 5) is 31.5. The van der Waals surface area contributed by atoms with Gasteiger partial charge in [-0.1, -0.05) is 5.16 Å². The summed E-state index contributed by atoms with van der Waals surface area (Å²) in [6.45, 7) is 6.54. The lowest BCUT2D eigenvalue weighted by Gasteiger charge is -2.21. The number of ether oxygens (including phenoxy) is 1. The maximum Gasteiger partial charge on any atom is 0.360 e. The van der Waals surface area contributed by atoms with Crippen molar-refractivity contribution in [2.45, 2.75) is 39.4 Å². The van der Waals surface area contributed by atoms with E-state index in [0.717, 1.165) is 11.3 Å². The molecule has 0 radical (unpaired) electrons. The highest BCUT2D eigenvalue weighted by Gasteiger charge is 2.24. The quantitative estimate of drug-likeness (QED) is 0.476. The Morgan fingerprint density at radius 2 is 2.10 bits per heavy atom. The normalized spacial score (nSPS) is 13.6. The molecule has 0 spiro atoms. The van der Waals surface area contributed by atoms with Crippen molar-refractivity contribution in [1.82, 2.24) is 4.98 Å². The Labute approximate surface area is 125 Å². The van der Waals surface area contributed by atoms with Crippen LogP contribution in [0, 0.1) is 0 Å². The lowest BCUT2D eigenvalue weighted by atomic mass is 10.2. The summed E-state index contributed by atoms with van der Waals surface area (Å²) in [6, 6.07) is 0. The van der Waals surface area contributed by atoms with Crippen molar-refractivity contribution in [2.24, 2.45) is 5.16 Å². The van der Waals surface area contributed by atoms with Crippen LogP contribution in [0.2, 0.25) is 0 Å². The lowest BCUT2D eigenvalue weighted by molar-refractivity contribution is -0.167. The first kappa shape index (κ1) is 16.9. The molecule has 21 heavy (non-hydrogen) atoms. The van der Waals surface area contributed by atoms with Gasteiger partial charge >= 0.3 is 11.9 Å². The van der Waals surface area contributed by atoms with E-state index < -0.39 is 29.4 Å². The predicted molar refractivity (Wildman–Crippen MR) is 77.1 cm³/mol. The molecule has 0 fully saturated rings. The minimum Gasteiger partial charge on any atom is -0.476 e. The van der Waals surface area contributed by atoms with Crippen molar-refractivity contribution < 1.29 is 24.3 Å². The molecule has 1 rings (SSSR count). The molecule has 1 unspecified atom stereocenters. The minimum absolute atomic E-state index is 0.0707. The molecule has 0 saturated heterocycles. The predicted octanol–water partition coefficient (Wildman–Crippen LogP) is 1.26. The van der Waals surface area contributed by atoms with Crippen molar-refractivity contribution in [3.8, 4) is 0 Å². The Kier molecular flexibility index (Phi) is 5.25. The largest absolute Gasteiger partial charge is 0.476 e. The molecule has 116 valence electrons. The number of nitrogens with two attached hydrogens (primary N) is 1. The number of hydrogen-bond donors (Lipinski definition) is 2. The number of thiazole rings is 1. The number of carboxylic acid groups (broad SMARTS) is 1. The standard InChI is InChI=1S/C12H17N3O5S/c1-6(10(18)19-12(2,3)4)20-15-8(9(16)17)7-5-21-11(13)14-7/h5-6H,1-4H3,(H2,13,14)(H,16,17)/b15-8+. The second-order valence-corrected chi connectivity index (χ2v) is 5.99. The number of aromatic nitrogens is 1. The van der Waals surface area contributed by atoms with Gasteiger partial charge in [-0.3, -0.25) is 0 Å². The first-order valence-corrected chi connectivity index (χ1v) is 6.89. The molecule has 1 heterocycles. The molecule has 0 aromatic carbocycles. The summed E-state index contributed by atoms with van der Waals surface area (Å²) in [5.74, 6) is -1.98. The molecular weight excluding hydrogens is 298 g/mol. The maximum absolute atomic E-state index is 11.7. The van der Waals surface area contributed by atoms with E-state index in [0.29, 0.717) is 0 Å². The molecule has 1 atom stereocenters. The van der Waals surface area contributed by atoms with E-state index >= 15 is 0 Å². The molecule has 8 nitrogen and oxygen atoms in total. The SMILES string of the molecule is CC(O/N=C(/C(=O)O)c1csc(N)n1)C(=O)OC(C)(C)C. The van der Waals surface area contributed by atoms with E-state index in [9.17, 15) is 9.59 Å². The molecule has 0 saturated carbocycles. The van der Waals surface area contributed by atoms with Crippen LogP contribution in [-0.4, -0.2) is 39.4 Å². The number of aliphatic carboxylic acids is 1. The average molecular weight is 315 g/mol. The van der Waals surface area contributed by atoms with Crippen molar-refractivity contribution in [1.29, 1.82) is 0 Å². The Bertz CT molecular complexity index is 561. The molecule has 0 amide bonds. The Morgan fingerprint density at radius 1 is 1.48 bits per heavy atom. The third-order valence-corrected chi connectivity index (χ3v) is 2.68. The van der Waals surface area contributed by atoms with Gasteiger partial charge in [0, 0.05) is 5.38 Å². The van der Waals surface area contributed by atoms with Gasteiger partial charge in [0.1, 0.15) is 11.3 Å². The fourth-order valence-electron chi connectivity index (χ4n) is 1.15. The van der Waals surface area contributed by atoms with Gasteiger partial charge in [0.2, 0.25) is 11.8 Å². The van der Waals surface area contributed by atoms with Crippen molar-refractivity contribution >= 4 is 34.1 Å². The van der Waals surface area contributed by atoms with Crippen molar-refractivity contribution in [3.63, 3.8) is 0 Å². The van der Waals surface area contributed by atoms with Gasteiger partial charge in [0.15, 0.2) is 5.13 Å². The van der Waals surface area contributed by atoms with Crippen LogP contribution in [0.4, 0.5) is 5.13 Å². The summed E-state index contributed by atoms with van der Waals surface area (Å²) >= 11 is 1.07. The third kappa shape index (κ3) is 5.38. The summed E-state index contributed by atoms with van der Waals surface area (Å²) in [7, 11) is 0. The van der Waals surface area contributed by atoms with Gasteiger partial charge < -0.3 is 20.4 Å². The van der Waals surface area contributed by atoms with Crippen molar-refractivity contribution in [2.75, 3.05) is 5.73 Å². The van der Waals surface area contributed by atoms with Crippen LogP contribution in [-0.2, 0) is 19.2 Å². The molecule has 0 aliphatic rings. The number of carbonyl (C=O) groups is 2. The van der Waals surface area contributed by atoms with Gasteiger partial charge in [0.05, 0.1) is 0 Å². The van der Waals surface area contributed by atoms with E-state index in [1.807, 2.05) is 0 Å². The maximum atomic E-state index is 11.7. The third-order valence-electron chi connectivity index (χ3n) is 2.01. The summed E-state index contributed by atoms with van der Waals surface area (Å²) < 4.78 is 5.09. The zero-order chi connectivity index (χ0) is 16.2. The highest BCUT2D eigenvalue weighted by Crippen LogP contribution is 2.13. The smallest absolute Gasteiger partial charge is 0.360 e. The van der Waals surface area contributed by atoms with Crippen LogP contribution < -0.4 is 5.73 Å². The number of carbonyl (C=O) groups excluding carboxylic acids is 1. The summed E-state index contributed by atoms with van der Waals surface area (Å²) in [6.07, 6.45) is -1.05. The van der Waals surface area contributed by atoms with Crippen LogP contribution in [0.5, 0.6) is 0 Å². The molecule has 1 aromatic heterocycles. The fraction of sp³-hybridized carbons (Fsp3) is 0.500. The van der Waals surface area contributed by atoms with Crippen LogP contribution in [0.25, 0.3) is 0 Å². The molecule has 0 aliphatic carbocycles. The number of rotatable bonds is 5. The number of nitrogens with zero attached hydrogens (tertiary/aromatic N) is 2. The lowest BCUT2D eigenvalue weighted by Crippen LogP contribution is -2.31. The van der Waals surface area contributed by atoms with Gasteiger partial charge in [-0.15, -0.1) is 11.3 Å². The first-order chi connectivity index (χ1) is 9.60. The molecule has 0 bridgehead atoms. The number of nitrogen functional groups attached to an aromatic ring is 1. The Morgan fingerprint density at radius 3 is 2.52 bits per heavy atom. The number of oxime groups is 1. The summed E-state index contributed by atoms with van der Waals surface area (Å²) in [5, 5.41) is 14.2. The van der Waals surface area contributed by atoms with Crippen molar-refractivity contribution in [3.05, 3.63) is 11.1 Å². The topological polar surface area (TPSA) is 124 Å². The van der Waals surface area contributed by atoms with E-state index in [-0.39, 0.29) is 10.8 Å². The second-order valence-electron chi connectivity index (χ2n) is 5.10. The van der Waals surface area contributed by atoms with Gasteiger partial charge in [-0.05, 0) is 27.7 Å². The molecule has 1 aromatic rings.